The fourth-order valence-corrected chi connectivity index (χ4v) is 2.53. The van der Waals surface area contributed by atoms with Gasteiger partial charge in [-0.3, -0.25) is 9.79 Å². The number of hydrogen-bond acceptors (Lipinski definition) is 2. The first-order valence-corrected chi connectivity index (χ1v) is 9.41. The SMILES string of the molecule is CCC(C)NC(=O)c1cccc(CNC(=NC)NCc2ccc(C)cc2)c1.I. The third-order valence-corrected chi connectivity index (χ3v) is 4.44. The van der Waals surface area contributed by atoms with E-state index in [0.29, 0.717) is 18.7 Å². The predicted molar refractivity (Wildman–Crippen MR) is 127 cm³/mol. The predicted octanol–water partition coefficient (Wildman–Crippen LogP) is 4.01. The Morgan fingerprint density at radius 2 is 1.68 bits per heavy atom. The average Bonchev–Trinajstić information content (AvgIpc) is 2.69. The van der Waals surface area contributed by atoms with Crippen molar-refractivity contribution in [3.63, 3.8) is 0 Å². The largest absolute Gasteiger partial charge is 0.352 e. The molecule has 2 rings (SSSR count). The second kappa shape index (κ2) is 12.4. The number of nitrogens with one attached hydrogen (secondary N) is 3. The Morgan fingerprint density at radius 3 is 2.29 bits per heavy atom. The first-order valence-electron chi connectivity index (χ1n) is 9.41. The van der Waals surface area contributed by atoms with Gasteiger partial charge in [0.05, 0.1) is 0 Å². The van der Waals surface area contributed by atoms with Gasteiger partial charge in [-0.2, -0.15) is 0 Å². The molecule has 1 amide bonds. The van der Waals surface area contributed by atoms with Gasteiger partial charge in [0, 0.05) is 31.7 Å². The molecule has 0 aliphatic rings. The van der Waals surface area contributed by atoms with Crippen LogP contribution in [0.15, 0.2) is 53.5 Å². The van der Waals surface area contributed by atoms with Crippen molar-refractivity contribution in [3.8, 4) is 0 Å². The normalized spacial score (nSPS) is 11.9. The van der Waals surface area contributed by atoms with Gasteiger partial charge in [0.2, 0.25) is 0 Å². The van der Waals surface area contributed by atoms with Crippen LogP contribution in [-0.4, -0.2) is 25.0 Å². The number of aliphatic imine (C=N–C) groups is 1. The van der Waals surface area contributed by atoms with E-state index in [1.165, 1.54) is 11.1 Å². The van der Waals surface area contributed by atoms with Crippen molar-refractivity contribution in [2.45, 2.75) is 46.3 Å². The van der Waals surface area contributed by atoms with E-state index in [9.17, 15) is 4.79 Å². The topological polar surface area (TPSA) is 65.5 Å². The molecule has 0 radical (unpaired) electrons. The van der Waals surface area contributed by atoms with Crippen LogP contribution in [0.1, 0.15) is 47.3 Å². The fourth-order valence-electron chi connectivity index (χ4n) is 2.53. The Bertz CT molecular complexity index is 774. The molecule has 0 aliphatic heterocycles. The molecule has 28 heavy (non-hydrogen) atoms. The van der Waals surface area contributed by atoms with E-state index in [1.807, 2.05) is 31.2 Å². The Hall–Kier alpha value is -2.09. The van der Waals surface area contributed by atoms with Gasteiger partial charge in [-0.25, -0.2) is 0 Å². The maximum Gasteiger partial charge on any atom is 0.251 e. The van der Waals surface area contributed by atoms with E-state index in [4.69, 9.17) is 0 Å². The molecule has 0 fully saturated rings. The minimum absolute atomic E-state index is 0. The lowest BCUT2D eigenvalue weighted by atomic mass is 10.1. The van der Waals surface area contributed by atoms with Crippen LogP contribution >= 0.6 is 24.0 Å². The molecule has 0 saturated carbocycles. The van der Waals surface area contributed by atoms with Gasteiger partial charge >= 0.3 is 0 Å². The quantitative estimate of drug-likeness (QED) is 0.310. The molecule has 0 bridgehead atoms. The molecule has 3 N–H and O–H groups in total. The van der Waals surface area contributed by atoms with E-state index in [0.717, 1.165) is 17.9 Å². The monoisotopic (exact) mass is 494 g/mol. The number of carbonyl (C=O) groups is 1. The number of aryl methyl sites for hydroxylation is 1. The number of hydrogen-bond donors (Lipinski definition) is 3. The summed E-state index contributed by atoms with van der Waals surface area (Å²) in [5.41, 5.74) is 4.16. The molecule has 0 spiro atoms. The second-order valence-electron chi connectivity index (χ2n) is 6.75. The molecule has 0 saturated heterocycles. The lowest BCUT2D eigenvalue weighted by Gasteiger charge is -2.14. The number of amides is 1. The van der Waals surface area contributed by atoms with Gasteiger partial charge in [-0.15, -0.1) is 24.0 Å². The van der Waals surface area contributed by atoms with Crippen LogP contribution in [0.4, 0.5) is 0 Å². The summed E-state index contributed by atoms with van der Waals surface area (Å²) in [5, 5.41) is 9.59. The van der Waals surface area contributed by atoms with Crippen LogP contribution in [0.25, 0.3) is 0 Å². The van der Waals surface area contributed by atoms with E-state index >= 15 is 0 Å². The average molecular weight is 494 g/mol. The lowest BCUT2D eigenvalue weighted by Crippen LogP contribution is -2.36. The maximum atomic E-state index is 12.3. The van der Waals surface area contributed by atoms with Gasteiger partial charge in [-0.05, 0) is 43.5 Å². The summed E-state index contributed by atoms with van der Waals surface area (Å²) >= 11 is 0. The third kappa shape index (κ3) is 7.88. The molecule has 2 aromatic rings. The number of nitrogens with zero attached hydrogens (tertiary/aromatic N) is 1. The van der Waals surface area contributed by atoms with E-state index in [-0.39, 0.29) is 35.9 Å². The van der Waals surface area contributed by atoms with Crippen molar-refractivity contribution in [1.82, 2.24) is 16.0 Å². The lowest BCUT2D eigenvalue weighted by molar-refractivity contribution is 0.0939. The summed E-state index contributed by atoms with van der Waals surface area (Å²) in [7, 11) is 1.75. The second-order valence-corrected chi connectivity index (χ2v) is 6.75. The van der Waals surface area contributed by atoms with Crippen molar-refractivity contribution >= 4 is 35.8 Å². The molecular weight excluding hydrogens is 463 g/mol. The number of carbonyl (C=O) groups excluding carboxylic acids is 1. The Labute approximate surface area is 185 Å². The van der Waals surface area contributed by atoms with Crippen LogP contribution in [0.2, 0.25) is 0 Å². The molecular formula is C22H31IN4O. The van der Waals surface area contributed by atoms with Gasteiger partial charge < -0.3 is 16.0 Å². The molecule has 6 heteroatoms. The van der Waals surface area contributed by atoms with Gasteiger partial charge in [0.15, 0.2) is 5.96 Å². The summed E-state index contributed by atoms with van der Waals surface area (Å²) in [5.74, 6) is 0.693. The van der Waals surface area contributed by atoms with Crippen LogP contribution < -0.4 is 16.0 Å². The summed E-state index contributed by atoms with van der Waals surface area (Å²) in [4.78, 5) is 16.5. The Kier molecular flexibility index (Phi) is 10.6. The van der Waals surface area contributed by atoms with Crippen LogP contribution in [0.3, 0.4) is 0 Å². The zero-order valence-corrected chi connectivity index (χ0v) is 19.4. The van der Waals surface area contributed by atoms with E-state index in [1.54, 1.807) is 7.05 Å². The fraction of sp³-hybridized carbons (Fsp3) is 0.364. The molecule has 5 nitrogen and oxygen atoms in total. The molecule has 2 aromatic carbocycles. The molecule has 1 atom stereocenters. The molecule has 1 unspecified atom stereocenters. The van der Waals surface area contributed by atoms with Crippen LogP contribution in [-0.2, 0) is 13.1 Å². The third-order valence-electron chi connectivity index (χ3n) is 4.44. The standard InChI is InChI=1S/C22H30N4O.HI/c1-5-17(3)26-21(27)20-8-6-7-19(13-20)15-25-22(23-4)24-14-18-11-9-16(2)10-12-18;/h6-13,17H,5,14-15H2,1-4H3,(H,26,27)(H2,23,24,25);1H. The molecule has 0 aromatic heterocycles. The molecule has 0 aliphatic carbocycles. The minimum atomic E-state index is -0.0342. The van der Waals surface area contributed by atoms with Gasteiger partial charge in [-0.1, -0.05) is 48.9 Å². The highest BCUT2D eigenvalue weighted by molar-refractivity contribution is 14.0. The zero-order valence-electron chi connectivity index (χ0n) is 17.1. The first-order chi connectivity index (χ1) is 13.0. The summed E-state index contributed by atoms with van der Waals surface area (Å²) in [6, 6.07) is 16.2. The van der Waals surface area contributed by atoms with E-state index < -0.39 is 0 Å². The molecule has 152 valence electrons. The van der Waals surface area contributed by atoms with Crippen LogP contribution in [0, 0.1) is 6.92 Å². The first kappa shape index (κ1) is 23.9. The number of rotatable bonds is 7. The van der Waals surface area contributed by atoms with Gasteiger partial charge in [0.25, 0.3) is 5.91 Å². The molecule has 0 heterocycles. The number of halogens is 1. The van der Waals surface area contributed by atoms with Crippen molar-refractivity contribution in [1.29, 1.82) is 0 Å². The maximum absolute atomic E-state index is 12.3. The minimum Gasteiger partial charge on any atom is -0.352 e. The summed E-state index contributed by atoms with van der Waals surface area (Å²) in [6.45, 7) is 7.44. The highest BCUT2D eigenvalue weighted by atomic mass is 127. The van der Waals surface area contributed by atoms with E-state index in [2.05, 4.69) is 59.1 Å². The highest BCUT2D eigenvalue weighted by Gasteiger charge is 2.09. The summed E-state index contributed by atoms with van der Waals surface area (Å²) < 4.78 is 0. The van der Waals surface area contributed by atoms with Crippen molar-refractivity contribution in [2.75, 3.05) is 7.05 Å². The highest BCUT2D eigenvalue weighted by Crippen LogP contribution is 2.06. The number of guanidine groups is 1. The van der Waals surface area contributed by atoms with Crippen LogP contribution in [0.5, 0.6) is 0 Å². The van der Waals surface area contributed by atoms with Gasteiger partial charge in [0.1, 0.15) is 0 Å². The number of benzene rings is 2. The zero-order chi connectivity index (χ0) is 19.6. The van der Waals surface area contributed by atoms with Crippen molar-refractivity contribution in [2.24, 2.45) is 4.99 Å². The van der Waals surface area contributed by atoms with Crippen molar-refractivity contribution in [3.05, 3.63) is 70.8 Å². The Balaban J connectivity index is 0.00000392. The Morgan fingerprint density at radius 1 is 1.04 bits per heavy atom. The smallest absolute Gasteiger partial charge is 0.251 e. The van der Waals surface area contributed by atoms with Crippen molar-refractivity contribution < 1.29 is 4.79 Å². The summed E-state index contributed by atoms with van der Waals surface area (Å²) in [6.07, 6.45) is 0.913.